The van der Waals surface area contributed by atoms with Crippen LogP contribution in [0.1, 0.15) is 18.2 Å². The summed E-state index contributed by atoms with van der Waals surface area (Å²) in [5, 5.41) is 0.771. The first-order valence-electron chi connectivity index (χ1n) is 5.56. The number of likely N-dealkylation sites (N-methyl/N-ethyl adjacent to an activating group) is 1. The summed E-state index contributed by atoms with van der Waals surface area (Å²) in [6.45, 7) is 2.24. The molecule has 0 radical (unpaired) electrons. The summed E-state index contributed by atoms with van der Waals surface area (Å²) in [6, 6.07) is 3.88. The Morgan fingerprint density at radius 1 is 1.50 bits per heavy atom. The van der Waals surface area contributed by atoms with Gasteiger partial charge in [0.2, 0.25) is 0 Å². The van der Waals surface area contributed by atoms with Gasteiger partial charge < -0.3 is 9.30 Å². The molecule has 0 amide bonds. The number of halogens is 1. The molecule has 3 heterocycles. The zero-order valence-electron chi connectivity index (χ0n) is 9.23. The maximum atomic E-state index is 6.13. The highest BCUT2D eigenvalue weighted by Crippen LogP contribution is 2.27. The van der Waals surface area contributed by atoms with Crippen molar-refractivity contribution in [1.82, 2.24) is 14.3 Å². The van der Waals surface area contributed by atoms with Crippen LogP contribution < -0.4 is 0 Å². The SMILES string of the molecule is CN1CCC(c2ncc3c(Cl)cccn23)C1. The Labute approximate surface area is 99.7 Å². The van der Waals surface area contributed by atoms with E-state index >= 15 is 0 Å². The quantitative estimate of drug-likeness (QED) is 0.757. The van der Waals surface area contributed by atoms with Crippen LogP contribution in [0.2, 0.25) is 5.02 Å². The lowest BCUT2D eigenvalue weighted by atomic mass is 10.1. The van der Waals surface area contributed by atoms with E-state index in [2.05, 4.69) is 21.3 Å². The predicted molar refractivity (Wildman–Crippen MR) is 65.1 cm³/mol. The molecular weight excluding hydrogens is 222 g/mol. The van der Waals surface area contributed by atoms with Gasteiger partial charge in [0.15, 0.2) is 0 Å². The average molecular weight is 236 g/mol. The number of imidazole rings is 1. The minimum absolute atomic E-state index is 0.533. The van der Waals surface area contributed by atoms with Gasteiger partial charge in [0, 0.05) is 18.7 Å². The summed E-state index contributed by atoms with van der Waals surface area (Å²) in [7, 11) is 2.16. The fourth-order valence-corrected chi connectivity index (χ4v) is 2.67. The van der Waals surface area contributed by atoms with Crippen molar-refractivity contribution in [2.24, 2.45) is 0 Å². The molecule has 0 N–H and O–H groups in total. The van der Waals surface area contributed by atoms with Crippen LogP contribution in [0.25, 0.3) is 5.52 Å². The molecule has 1 atom stereocenters. The number of pyridine rings is 1. The number of rotatable bonds is 1. The third-order valence-electron chi connectivity index (χ3n) is 3.30. The summed E-state index contributed by atoms with van der Waals surface area (Å²) in [6.07, 6.45) is 5.10. The van der Waals surface area contributed by atoms with Crippen LogP contribution in [-0.2, 0) is 0 Å². The summed E-state index contributed by atoms with van der Waals surface area (Å²) in [5.41, 5.74) is 1.01. The van der Waals surface area contributed by atoms with Crippen molar-refractivity contribution < 1.29 is 0 Å². The summed E-state index contributed by atoms with van der Waals surface area (Å²) < 4.78 is 2.12. The monoisotopic (exact) mass is 235 g/mol. The number of hydrogen-bond acceptors (Lipinski definition) is 2. The van der Waals surface area contributed by atoms with Crippen molar-refractivity contribution in [3.8, 4) is 0 Å². The first-order valence-corrected chi connectivity index (χ1v) is 5.93. The van der Waals surface area contributed by atoms with Crippen molar-refractivity contribution in [3.63, 3.8) is 0 Å². The molecule has 0 spiro atoms. The third-order valence-corrected chi connectivity index (χ3v) is 3.62. The molecule has 4 heteroatoms. The molecule has 0 saturated carbocycles. The van der Waals surface area contributed by atoms with E-state index in [9.17, 15) is 0 Å². The van der Waals surface area contributed by atoms with Crippen LogP contribution in [0, 0.1) is 0 Å². The van der Waals surface area contributed by atoms with Crippen molar-refractivity contribution in [1.29, 1.82) is 0 Å². The summed E-state index contributed by atoms with van der Waals surface area (Å²) in [5.74, 6) is 1.67. The molecular formula is C12H14ClN3. The second-order valence-corrected chi connectivity index (χ2v) is 4.88. The number of hydrogen-bond donors (Lipinski definition) is 0. The predicted octanol–water partition coefficient (Wildman–Crippen LogP) is 2.41. The van der Waals surface area contributed by atoms with E-state index < -0.39 is 0 Å². The number of nitrogens with zero attached hydrogens (tertiary/aromatic N) is 3. The van der Waals surface area contributed by atoms with Crippen LogP contribution in [0.15, 0.2) is 24.5 Å². The van der Waals surface area contributed by atoms with Gasteiger partial charge in [-0.25, -0.2) is 4.98 Å². The maximum Gasteiger partial charge on any atom is 0.117 e. The van der Waals surface area contributed by atoms with E-state index in [1.807, 2.05) is 24.5 Å². The number of fused-ring (bicyclic) bond motifs is 1. The molecule has 1 unspecified atom stereocenters. The third kappa shape index (κ3) is 1.51. The Morgan fingerprint density at radius 3 is 3.12 bits per heavy atom. The van der Waals surface area contributed by atoms with E-state index in [4.69, 9.17) is 11.6 Å². The normalized spacial score (nSPS) is 22.0. The molecule has 1 fully saturated rings. The highest BCUT2D eigenvalue weighted by Gasteiger charge is 2.24. The highest BCUT2D eigenvalue weighted by atomic mass is 35.5. The van der Waals surface area contributed by atoms with Crippen LogP contribution in [0.3, 0.4) is 0 Å². The van der Waals surface area contributed by atoms with Crippen LogP contribution >= 0.6 is 11.6 Å². The fraction of sp³-hybridized carbons (Fsp3) is 0.417. The van der Waals surface area contributed by atoms with Gasteiger partial charge >= 0.3 is 0 Å². The van der Waals surface area contributed by atoms with Gasteiger partial charge in [-0.05, 0) is 32.1 Å². The molecule has 0 aliphatic carbocycles. The topological polar surface area (TPSA) is 20.5 Å². The number of aromatic nitrogens is 2. The zero-order valence-corrected chi connectivity index (χ0v) is 9.98. The summed E-state index contributed by atoms with van der Waals surface area (Å²) >= 11 is 6.13. The van der Waals surface area contributed by atoms with Crippen LogP contribution in [0.5, 0.6) is 0 Å². The highest BCUT2D eigenvalue weighted by molar-refractivity contribution is 6.33. The Morgan fingerprint density at radius 2 is 2.38 bits per heavy atom. The van der Waals surface area contributed by atoms with Crippen LogP contribution in [-0.4, -0.2) is 34.4 Å². The Hall–Kier alpha value is -1.06. The molecule has 2 aromatic heterocycles. The average Bonchev–Trinajstić information content (AvgIpc) is 2.84. The minimum Gasteiger partial charge on any atom is -0.306 e. The maximum absolute atomic E-state index is 6.13. The van der Waals surface area contributed by atoms with E-state index in [1.165, 1.54) is 6.42 Å². The number of likely N-dealkylation sites (tertiary alicyclic amines) is 1. The summed E-state index contributed by atoms with van der Waals surface area (Å²) in [4.78, 5) is 6.87. The molecule has 3 nitrogen and oxygen atoms in total. The first-order chi connectivity index (χ1) is 7.75. The van der Waals surface area contributed by atoms with Crippen LogP contribution in [0.4, 0.5) is 0 Å². The second kappa shape index (κ2) is 3.75. The van der Waals surface area contributed by atoms with Gasteiger partial charge in [-0.2, -0.15) is 0 Å². The van der Waals surface area contributed by atoms with E-state index in [0.717, 1.165) is 29.5 Å². The Bertz CT molecular complexity index is 520. The van der Waals surface area contributed by atoms with Crippen molar-refractivity contribution in [3.05, 3.63) is 35.4 Å². The molecule has 84 valence electrons. The first kappa shape index (κ1) is 10.1. The van der Waals surface area contributed by atoms with Gasteiger partial charge in [0.25, 0.3) is 0 Å². The molecule has 16 heavy (non-hydrogen) atoms. The van der Waals surface area contributed by atoms with Crippen molar-refractivity contribution >= 4 is 17.1 Å². The molecule has 1 saturated heterocycles. The van der Waals surface area contributed by atoms with Crippen molar-refractivity contribution in [2.75, 3.05) is 20.1 Å². The Balaban J connectivity index is 2.08. The largest absolute Gasteiger partial charge is 0.306 e. The van der Waals surface area contributed by atoms with Gasteiger partial charge in [-0.15, -0.1) is 0 Å². The second-order valence-electron chi connectivity index (χ2n) is 4.48. The van der Waals surface area contributed by atoms with Gasteiger partial charge in [-0.3, -0.25) is 0 Å². The standard InChI is InChI=1S/C12H14ClN3/c1-15-6-4-9(8-15)12-14-7-11-10(13)3-2-5-16(11)12/h2-3,5,7,9H,4,6,8H2,1H3. The van der Waals surface area contributed by atoms with Gasteiger partial charge in [0.1, 0.15) is 5.82 Å². The van der Waals surface area contributed by atoms with Gasteiger partial charge in [0.05, 0.1) is 16.7 Å². The van der Waals surface area contributed by atoms with E-state index in [-0.39, 0.29) is 0 Å². The Kier molecular flexibility index (Phi) is 2.37. The molecule has 0 aromatic carbocycles. The lowest BCUT2D eigenvalue weighted by Crippen LogP contribution is -2.14. The molecule has 1 aliphatic heterocycles. The molecule has 0 bridgehead atoms. The lowest BCUT2D eigenvalue weighted by Gasteiger charge is -2.09. The minimum atomic E-state index is 0.533. The van der Waals surface area contributed by atoms with E-state index in [0.29, 0.717) is 5.92 Å². The molecule has 3 rings (SSSR count). The van der Waals surface area contributed by atoms with Gasteiger partial charge in [-0.1, -0.05) is 11.6 Å². The molecule has 2 aromatic rings. The smallest absolute Gasteiger partial charge is 0.117 e. The fourth-order valence-electron chi connectivity index (χ4n) is 2.46. The van der Waals surface area contributed by atoms with Crippen molar-refractivity contribution in [2.45, 2.75) is 12.3 Å². The molecule has 1 aliphatic rings. The lowest BCUT2D eigenvalue weighted by molar-refractivity contribution is 0.409. The zero-order chi connectivity index (χ0) is 11.1. The van der Waals surface area contributed by atoms with E-state index in [1.54, 1.807) is 0 Å².